The van der Waals surface area contributed by atoms with E-state index in [2.05, 4.69) is 15.5 Å². The maximum atomic E-state index is 13.7. The van der Waals surface area contributed by atoms with E-state index in [4.69, 9.17) is 0 Å². The number of nitrogens with one attached hydrogen (secondary N) is 1. The van der Waals surface area contributed by atoms with E-state index < -0.39 is 11.4 Å². The van der Waals surface area contributed by atoms with Crippen LogP contribution in [0.15, 0.2) is 24.3 Å². The summed E-state index contributed by atoms with van der Waals surface area (Å²) in [6, 6.07) is 6.09. The zero-order valence-corrected chi connectivity index (χ0v) is 15.3. The van der Waals surface area contributed by atoms with Gasteiger partial charge in [-0.3, -0.25) is 10.1 Å². The first-order valence-corrected chi connectivity index (χ1v) is 9.65. The van der Waals surface area contributed by atoms with Crippen LogP contribution in [0, 0.1) is 17.2 Å². The van der Waals surface area contributed by atoms with Crippen LogP contribution in [0.1, 0.15) is 29.8 Å². The highest BCUT2D eigenvalue weighted by atomic mass is 32.1. The molecule has 1 saturated heterocycles. The van der Waals surface area contributed by atoms with Gasteiger partial charge in [0.1, 0.15) is 10.8 Å². The lowest BCUT2D eigenvalue weighted by molar-refractivity contribution is -0.149. The van der Waals surface area contributed by atoms with Crippen molar-refractivity contribution in [1.82, 2.24) is 15.1 Å². The second-order valence-electron chi connectivity index (χ2n) is 7.13. The van der Waals surface area contributed by atoms with E-state index in [0.717, 1.165) is 12.8 Å². The SMILES string of the molecule is O=C(Nc1nnc(Cc2ccccc2F)s1)N1C[C@@H]2CCC[C@@]2(C(=O)O)C1. The standard InChI is InChI=1S/C18H19FN4O3S/c19-13-6-2-1-4-11(13)8-14-21-22-16(27-14)20-17(26)23-9-12-5-3-7-18(12,10-23)15(24)25/h1-2,4,6,12H,3,5,7-10H2,(H,24,25)(H,20,22,26)/t12-,18+/m0/s1. The first-order valence-electron chi connectivity index (χ1n) is 8.83. The van der Waals surface area contributed by atoms with Gasteiger partial charge in [-0.15, -0.1) is 10.2 Å². The smallest absolute Gasteiger partial charge is 0.323 e. The molecule has 1 aliphatic heterocycles. The molecular weight excluding hydrogens is 371 g/mol. The summed E-state index contributed by atoms with van der Waals surface area (Å²) in [5, 5.41) is 21.2. The molecule has 2 atom stereocenters. The number of hydrogen-bond donors (Lipinski definition) is 2. The van der Waals surface area contributed by atoms with E-state index in [1.807, 2.05) is 0 Å². The molecular formula is C18H19FN4O3S. The fourth-order valence-electron chi connectivity index (χ4n) is 4.14. The van der Waals surface area contributed by atoms with Gasteiger partial charge in [0, 0.05) is 19.5 Å². The van der Waals surface area contributed by atoms with Crippen LogP contribution < -0.4 is 5.32 Å². The second kappa shape index (κ2) is 6.88. The van der Waals surface area contributed by atoms with Crippen LogP contribution in [0.25, 0.3) is 0 Å². The van der Waals surface area contributed by atoms with Crippen molar-refractivity contribution >= 4 is 28.5 Å². The van der Waals surface area contributed by atoms with Crippen molar-refractivity contribution in [2.75, 3.05) is 18.4 Å². The molecule has 2 N–H and O–H groups in total. The molecule has 1 aromatic carbocycles. The van der Waals surface area contributed by atoms with E-state index >= 15 is 0 Å². The Hall–Kier alpha value is -2.55. The van der Waals surface area contributed by atoms with Crippen molar-refractivity contribution < 1.29 is 19.1 Å². The fourth-order valence-corrected chi connectivity index (χ4v) is 4.90. The number of aromatic nitrogens is 2. The number of nitrogens with zero attached hydrogens (tertiary/aromatic N) is 3. The van der Waals surface area contributed by atoms with Crippen LogP contribution >= 0.6 is 11.3 Å². The number of carboxylic acid groups (broad SMARTS) is 1. The normalized spacial score (nSPS) is 24.0. The lowest BCUT2D eigenvalue weighted by atomic mass is 9.81. The Labute approximate surface area is 159 Å². The number of carboxylic acids is 1. The molecule has 2 aromatic rings. The third-order valence-electron chi connectivity index (χ3n) is 5.56. The third-order valence-corrected chi connectivity index (χ3v) is 6.40. The van der Waals surface area contributed by atoms with Crippen LogP contribution in [0.5, 0.6) is 0 Å². The highest BCUT2D eigenvalue weighted by molar-refractivity contribution is 7.15. The number of carbonyl (C=O) groups is 2. The number of rotatable bonds is 4. The largest absolute Gasteiger partial charge is 0.481 e. The highest BCUT2D eigenvalue weighted by Gasteiger charge is 2.55. The topological polar surface area (TPSA) is 95.4 Å². The van der Waals surface area contributed by atoms with Crippen molar-refractivity contribution in [2.45, 2.75) is 25.7 Å². The van der Waals surface area contributed by atoms with Gasteiger partial charge in [-0.25, -0.2) is 9.18 Å². The van der Waals surface area contributed by atoms with Crippen LogP contribution in [0.3, 0.4) is 0 Å². The number of hydrogen-bond acceptors (Lipinski definition) is 5. The summed E-state index contributed by atoms with van der Waals surface area (Å²) in [5.41, 5.74) is -0.295. The molecule has 1 saturated carbocycles. The number of amides is 2. The number of carbonyl (C=O) groups excluding carboxylic acids is 1. The van der Waals surface area contributed by atoms with E-state index in [1.54, 1.807) is 23.1 Å². The Kier molecular flexibility index (Phi) is 4.55. The maximum absolute atomic E-state index is 13.7. The fraction of sp³-hybridized carbons (Fsp3) is 0.444. The number of benzene rings is 1. The zero-order chi connectivity index (χ0) is 19.0. The van der Waals surface area contributed by atoms with Gasteiger partial charge in [0.25, 0.3) is 0 Å². The Bertz CT molecular complexity index is 889. The molecule has 2 heterocycles. The average molecular weight is 390 g/mol. The monoisotopic (exact) mass is 390 g/mol. The zero-order valence-electron chi connectivity index (χ0n) is 14.5. The summed E-state index contributed by atoms with van der Waals surface area (Å²) in [4.78, 5) is 25.8. The third kappa shape index (κ3) is 3.27. The lowest BCUT2D eigenvalue weighted by Crippen LogP contribution is -2.38. The number of likely N-dealkylation sites (tertiary alicyclic amines) is 1. The van der Waals surface area contributed by atoms with Gasteiger partial charge in [0.05, 0.1) is 5.41 Å². The van der Waals surface area contributed by atoms with Crippen molar-refractivity contribution in [3.8, 4) is 0 Å². The quantitative estimate of drug-likeness (QED) is 0.837. The first kappa shape index (κ1) is 17.8. The van der Waals surface area contributed by atoms with Crippen LogP contribution in [0.4, 0.5) is 14.3 Å². The number of urea groups is 1. The van der Waals surface area contributed by atoms with Crippen LogP contribution in [-0.2, 0) is 11.2 Å². The van der Waals surface area contributed by atoms with Crippen molar-refractivity contribution in [3.63, 3.8) is 0 Å². The molecule has 1 aliphatic carbocycles. The summed E-state index contributed by atoms with van der Waals surface area (Å²) in [5.74, 6) is -1.11. The van der Waals surface area contributed by atoms with Crippen LogP contribution in [-0.4, -0.2) is 45.3 Å². The van der Waals surface area contributed by atoms with Gasteiger partial charge in [0.15, 0.2) is 0 Å². The average Bonchev–Trinajstić information content (AvgIpc) is 3.31. The minimum Gasteiger partial charge on any atom is -0.481 e. The predicted molar refractivity (Wildman–Crippen MR) is 97.1 cm³/mol. The Morgan fingerprint density at radius 2 is 2.19 bits per heavy atom. The number of halogens is 1. The molecule has 9 heteroatoms. The molecule has 2 amide bonds. The van der Waals surface area contributed by atoms with Crippen molar-refractivity contribution in [2.24, 2.45) is 11.3 Å². The van der Waals surface area contributed by atoms with Crippen molar-refractivity contribution in [1.29, 1.82) is 0 Å². The summed E-state index contributed by atoms with van der Waals surface area (Å²) in [6.45, 7) is 0.665. The molecule has 2 aliphatic rings. The molecule has 2 fully saturated rings. The van der Waals surface area contributed by atoms with Gasteiger partial charge in [-0.2, -0.15) is 0 Å². The number of fused-ring (bicyclic) bond motifs is 1. The van der Waals surface area contributed by atoms with Crippen molar-refractivity contribution in [3.05, 3.63) is 40.7 Å². The molecule has 7 nitrogen and oxygen atoms in total. The summed E-state index contributed by atoms with van der Waals surface area (Å²) in [6.07, 6.45) is 2.64. The Morgan fingerprint density at radius 3 is 2.93 bits per heavy atom. The molecule has 0 bridgehead atoms. The molecule has 4 rings (SSSR count). The van der Waals surface area contributed by atoms with E-state index in [-0.39, 0.29) is 24.3 Å². The Morgan fingerprint density at radius 1 is 1.37 bits per heavy atom. The Balaban J connectivity index is 1.40. The molecule has 0 unspecified atom stereocenters. The summed E-state index contributed by atoms with van der Waals surface area (Å²) < 4.78 is 13.7. The number of anilines is 1. The molecule has 1 aromatic heterocycles. The molecule has 142 valence electrons. The van der Waals surface area contributed by atoms with Gasteiger partial charge < -0.3 is 10.0 Å². The van der Waals surface area contributed by atoms with Gasteiger partial charge in [0.2, 0.25) is 5.13 Å². The molecule has 27 heavy (non-hydrogen) atoms. The predicted octanol–water partition coefficient (Wildman–Crippen LogP) is 2.99. The van der Waals surface area contributed by atoms with E-state index in [1.165, 1.54) is 17.4 Å². The lowest BCUT2D eigenvalue weighted by Gasteiger charge is -2.23. The first-order chi connectivity index (χ1) is 13.0. The maximum Gasteiger partial charge on any atom is 0.323 e. The minimum absolute atomic E-state index is 0.00628. The minimum atomic E-state index is -0.816. The highest BCUT2D eigenvalue weighted by Crippen LogP contribution is 2.48. The second-order valence-corrected chi connectivity index (χ2v) is 8.19. The number of aliphatic carboxylic acids is 1. The molecule has 0 radical (unpaired) electrons. The van der Waals surface area contributed by atoms with E-state index in [9.17, 15) is 19.1 Å². The molecule has 0 spiro atoms. The van der Waals surface area contributed by atoms with Gasteiger partial charge >= 0.3 is 12.0 Å². The van der Waals surface area contributed by atoms with Gasteiger partial charge in [-0.05, 0) is 30.4 Å². The summed E-state index contributed by atoms with van der Waals surface area (Å²) in [7, 11) is 0. The van der Waals surface area contributed by atoms with Gasteiger partial charge in [-0.1, -0.05) is 36.0 Å². The van der Waals surface area contributed by atoms with Crippen LogP contribution in [0.2, 0.25) is 0 Å². The summed E-state index contributed by atoms with van der Waals surface area (Å²) >= 11 is 1.19. The van der Waals surface area contributed by atoms with E-state index in [0.29, 0.717) is 35.1 Å².